The Morgan fingerprint density at radius 3 is 2.43 bits per heavy atom. The normalized spacial score (nSPS) is 14.7. The predicted molar refractivity (Wildman–Crippen MR) is 127 cm³/mol. The number of nitrogens with zero attached hydrogens (tertiary/aromatic N) is 2. The summed E-state index contributed by atoms with van der Waals surface area (Å²) in [6.07, 6.45) is 5.31. The molecule has 1 aliphatic rings. The Labute approximate surface area is 185 Å². The zero-order valence-electron chi connectivity index (χ0n) is 17.8. The van der Waals surface area contributed by atoms with Crippen molar-refractivity contribution in [1.82, 2.24) is 15.1 Å². The molecule has 1 saturated heterocycles. The lowest BCUT2D eigenvalue weighted by Crippen LogP contribution is -2.51. The van der Waals surface area contributed by atoms with Gasteiger partial charge in [-0.3, -0.25) is 4.90 Å². The first-order chi connectivity index (χ1) is 14.7. The zero-order valence-corrected chi connectivity index (χ0v) is 18.7. The number of hydrogen-bond acceptors (Lipinski definition) is 4. The quantitative estimate of drug-likeness (QED) is 0.653. The van der Waals surface area contributed by atoms with Gasteiger partial charge in [0.25, 0.3) is 0 Å². The van der Waals surface area contributed by atoms with Crippen LogP contribution < -0.4 is 14.8 Å². The minimum atomic E-state index is 0.751. The second-order valence-electron chi connectivity index (χ2n) is 7.27. The number of hydrogen-bond donors (Lipinski definition) is 1. The third-order valence-corrected chi connectivity index (χ3v) is 5.67. The van der Waals surface area contributed by atoms with E-state index in [-0.39, 0.29) is 0 Å². The van der Waals surface area contributed by atoms with E-state index in [2.05, 4.69) is 57.6 Å². The third-order valence-electron chi connectivity index (χ3n) is 5.27. The Hall–Kier alpha value is -2.57. The molecule has 1 aliphatic heterocycles. The number of methoxy groups -OCH3 is 2. The van der Waals surface area contributed by atoms with Crippen LogP contribution in [0.15, 0.2) is 54.6 Å². The molecule has 3 rings (SSSR count). The summed E-state index contributed by atoms with van der Waals surface area (Å²) in [5.74, 6) is 1.51. The molecule has 1 fully saturated rings. The van der Waals surface area contributed by atoms with Crippen molar-refractivity contribution >= 4 is 23.4 Å². The van der Waals surface area contributed by atoms with Crippen LogP contribution in [0.25, 0.3) is 6.08 Å². The fourth-order valence-electron chi connectivity index (χ4n) is 3.50. The van der Waals surface area contributed by atoms with Gasteiger partial charge in [0, 0.05) is 39.3 Å². The first-order valence-corrected chi connectivity index (χ1v) is 10.8. The smallest absolute Gasteiger partial charge is 0.169 e. The van der Waals surface area contributed by atoms with Crippen LogP contribution in [0.3, 0.4) is 0 Å². The van der Waals surface area contributed by atoms with Gasteiger partial charge in [-0.2, -0.15) is 0 Å². The van der Waals surface area contributed by atoms with E-state index >= 15 is 0 Å². The maximum atomic E-state index is 5.61. The van der Waals surface area contributed by atoms with Gasteiger partial charge >= 0.3 is 0 Å². The van der Waals surface area contributed by atoms with E-state index in [1.165, 1.54) is 11.1 Å². The molecule has 2 aromatic rings. The SMILES string of the molecule is COc1ccc(CCNC(=S)N2CCN(CC=Cc3ccccc3)CC2)cc1OC. The Morgan fingerprint density at radius 1 is 1.00 bits per heavy atom. The minimum Gasteiger partial charge on any atom is -0.493 e. The van der Waals surface area contributed by atoms with E-state index < -0.39 is 0 Å². The molecule has 0 aromatic heterocycles. The van der Waals surface area contributed by atoms with E-state index in [9.17, 15) is 0 Å². The number of rotatable bonds is 8. The molecule has 5 nitrogen and oxygen atoms in total. The standard InChI is InChI=1S/C24H31N3O2S/c1-28-22-11-10-21(19-23(22)29-2)12-13-25-24(30)27-17-15-26(16-18-27)14-6-9-20-7-4-3-5-8-20/h3-11,19H,12-18H2,1-2H3,(H,25,30). The number of ether oxygens (including phenoxy) is 2. The molecule has 0 radical (unpaired) electrons. The summed E-state index contributed by atoms with van der Waals surface area (Å²) in [6.45, 7) is 5.74. The number of piperazine rings is 1. The van der Waals surface area contributed by atoms with Crippen LogP contribution in [-0.2, 0) is 6.42 Å². The lowest BCUT2D eigenvalue weighted by atomic mass is 10.1. The summed E-state index contributed by atoms with van der Waals surface area (Å²) in [7, 11) is 3.31. The molecule has 1 heterocycles. The van der Waals surface area contributed by atoms with E-state index in [0.29, 0.717) is 0 Å². The van der Waals surface area contributed by atoms with Crippen molar-refractivity contribution in [3.05, 3.63) is 65.7 Å². The van der Waals surface area contributed by atoms with Gasteiger partial charge in [0.15, 0.2) is 16.6 Å². The van der Waals surface area contributed by atoms with Gasteiger partial charge < -0.3 is 19.7 Å². The van der Waals surface area contributed by atoms with Crippen LogP contribution in [0.5, 0.6) is 11.5 Å². The van der Waals surface area contributed by atoms with Gasteiger partial charge in [0.2, 0.25) is 0 Å². The zero-order chi connectivity index (χ0) is 21.2. The van der Waals surface area contributed by atoms with Crippen LogP contribution in [0.2, 0.25) is 0 Å². The largest absolute Gasteiger partial charge is 0.493 e. The molecule has 0 saturated carbocycles. The van der Waals surface area contributed by atoms with Crippen LogP contribution in [0.4, 0.5) is 0 Å². The minimum absolute atomic E-state index is 0.751. The van der Waals surface area contributed by atoms with Crippen molar-refractivity contribution < 1.29 is 9.47 Å². The highest BCUT2D eigenvalue weighted by Crippen LogP contribution is 2.27. The van der Waals surface area contributed by atoms with Gasteiger partial charge in [0.05, 0.1) is 14.2 Å². The molecule has 0 atom stereocenters. The summed E-state index contributed by atoms with van der Waals surface area (Å²) >= 11 is 5.61. The maximum Gasteiger partial charge on any atom is 0.169 e. The molecule has 0 aliphatic carbocycles. The van der Waals surface area contributed by atoms with Crippen LogP contribution in [0, 0.1) is 0 Å². The molecular weight excluding hydrogens is 394 g/mol. The van der Waals surface area contributed by atoms with Crippen LogP contribution in [0.1, 0.15) is 11.1 Å². The summed E-state index contributed by atoms with van der Waals surface area (Å²) in [5, 5.41) is 4.24. The van der Waals surface area contributed by atoms with E-state index in [1.54, 1.807) is 14.2 Å². The molecule has 1 N–H and O–H groups in total. The first kappa shape index (κ1) is 22.1. The summed E-state index contributed by atoms with van der Waals surface area (Å²) in [5.41, 5.74) is 2.44. The number of benzene rings is 2. The molecule has 0 amide bonds. The molecule has 160 valence electrons. The molecule has 2 aromatic carbocycles. The fraction of sp³-hybridized carbons (Fsp3) is 0.375. The van der Waals surface area contributed by atoms with Gasteiger partial charge in [-0.15, -0.1) is 0 Å². The fourth-order valence-corrected chi connectivity index (χ4v) is 3.78. The molecule has 30 heavy (non-hydrogen) atoms. The van der Waals surface area contributed by atoms with E-state index in [1.807, 2.05) is 18.2 Å². The summed E-state index contributed by atoms with van der Waals surface area (Å²) in [4.78, 5) is 4.73. The Balaban J connectivity index is 1.36. The highest BCUT2D eigenvalue weighted by Gasteiger charge is 2.17. The Kier molecular flexibility index (Phi) is 8.53. The Morgan fingerprint density at radius 2 is 1.73 bits per heavy atom. The third kappa shape index (κ3) is 6.47. The van der Waals surface area contributed by atoms with E-state index in [4.69, 9.17) is 21.7 Å². The molecular formula is C24H31N3O2S. The van der Waals surface area contributed by atoms with Crippen LogP contribution >= 0.6 is 12.2 Å². The van der Waals surface area contributed by atoms with Crippen molar-refractivity contribution in [2.45, 2.75) is 6.42 Å². The summed E-state index contributed by atoms with van der Waals surface area (Å²) < 4.78 is 10.7. The maximum absolute atomic E-state index is 5.61. The van der Waals surface area contributed by atoms with Crippen molar-refractivity contribution in [2.24, 2.45) is 0 Å². The molecule has 6 heteroatoms. The average molecular weight is 426 g/mol. The number of thiocarbonyl (C=S) groups is 1. The number of nitrogens with one attached hydrogen (secondary N) is 1. The highest BCUT2D eigenvalue weighted by atomic mass is 32.1. The second kappa shape index (κ2) is 11.6. The first-order valence-electron chi connectivity index (χ1n) is 10.4. The predicted octanol–water partition coefficient (Wildman–Crippen LogP) is 3.45. The average Bonchev–Trinajstić information content (AvgIpc) is 2.80. The molecule has 0 bridgehead atoms. The van der Waals surface area contributed by atoms with E-state index in [0.717, 1.165) is 62.3 Å². The monoisotopic (exact) mass is 425 g/mol. The van der Waals surface area contributed by atoms with Crippen molar-refractivity contribution in [3.8, 4) is 11.5 Å². The van der Waals surface area contributed by atoms with Gasteiger partial charge in [-0.25, -0.2) is 0 Å². The van der Waals surface area contributed by atoms with Gasteiger partial charge in [0.1, 0.15) is 0 Å². The molecule has 0 spiro atoms. The molecule has 0 unspecified atom stereocenters. The topological polar surface area (TPSA) is 37.0 Å². The van der Waals surface area contributed by atoms with Gasteiger partial charge in [-0.05, 0) is 41.9 Å². The highest BCUT2D eigenvalue weighted by molar-refractivity contribution is 7.80. The summed E-state index contributed by atoms with van der Waals surface area (Å²) in [6, 6.07) is 16.5. The second-order valence-corrected chi connectivity index (χ2v) is 7.66. The van der Waals surface area contributed by atoms with Gasteiger partial charge in [-0.1, -0.05) is 48.6 Å². The van der Waals surface area contributed by atoms with Crippen molar-refractivity contribution in [2.75, 3.05) is 53.5 Å². The van der Waals surface area contributed by atoms with Crippen molar-refractivity contribution in [3.63, 3.8) is 0 Å². The Bertz CT molecular complexity index is 834. The van der Waals surface area contributed by atoms with Crippen molar-refractivity contribution in [1.29, 1.82) is 0 Å². The van der Waals surface area contributed by atoms with Crippen LogP contribution in [-0.4, -0.2) is 68.4 Å². The lowest BCUT2D eigenvalue weighted by molar-refractivity contribution is 0.197. The lowest BCUT2D eigenvalue weighted by Gasteiger charge is -2.35.